The Hall–Kier alpha value is -2.82. The number of likely N-dealkylation sites (tertiary alicyclic amines) is 1. The zero-order valence-corrected chi connectivity index (χ0v) is 16.6. The average molecular weight is 378 g/mol. The lowest BCUT2D eigenvalue weighted by Crippen LogP contribution is -2.47. The van der Waals surface area contributed by atoms with Crippen LogP contribution < -0.4 is 5.32 Å². The van der Waals surface area contributed by atoms with Crippen LogP contribution in [0.5, 0.6) is 0 Å². The van der Waals surface area contributed by atoms with Crippen molar-refractivity contribution >= 4 is 33.6 Å². The Kier molecular flexibility index (Phi) is 4.84. The first-order valence-electron chi connectivity index (χ1n) is 9.96. The molecule has 146 valence electrons. The minimum absolute atomic E-state index is 0.0131. The van der Waals surface area contributed by atoms with Crippen LogP contribution in [0.3, 0.4) is 0 Å². The van der Waals surface area contributed by atoms with Crippen LogP contribution in [0.2, 0.25) is 0 Å². The molecule has 1 aliphatic rings. The summed E-state index contributed by atoms with van der Waals surface area (Å²) in [5.41, 5.74) is 1.63. The first-order chi connectivity index (χ1) is 13.5. The highest BCUT2D eigenvalue weighted by molar-refractivity contribution is 6.08. The molecule has 1 aliphatic heterocycles. The summed E-state index contributed by atoms with van der Waals surface area (Å²) in [6, 6.07) is 12.2. The summed E-state index contributed by atoms with van der Waals surface area (Å²) >= 11 is 0. The van der Waals surface area contributed by atoms with Gasteiger partial charge in [-0.2, -0.15) is 0 Å². The van der Waals surface area contributed by atoms with Crippen LogP contribution >= 0.6 is 0 Å². The fraction of sp³-hybridized carbons (Fsp3) is 0.391. The number of hydrogen-bond donors (Lipinski definition) is 1. The molecule has 0 saturated carbocycles. The third-order valence-electron chi connectivity index (χ3n) is 5.67. The van der Waals surface area contributed by atoms with Gasteiger partial charge in [-0.25, -0.2) is 0 Å². The molecular formula is C23H26N2O3. The molecule has 0 spiro atoms. The van der Waals surface area contributed by atoms with E-state index in [0.717, 1.165) is 40.1 Å². The molecule has 3 aromatic rings. The fourth-order valence-electron chi connectivity index (χ4n) is 4.03. The van der Waals surface area contributed by atoms with Crippen LogP contribution in [0.15, 0.2) is 40.8 Å². The molecule has 28 heavy (non-hydrogen) atoms. The maximum absolute atomic E-state index is 12.9. The number of nitrogens with zero attached hydrogens (tertiary/aromatic N) is 1. The highest BCUT2D eigenvalue weighted by Gasteiger charge is 2.27. The smallest absolute Gasteiger partial charge is 0.287 e. The molecule has 0 unspecified atom stereocenters. The van der Waals surface area contributed by atoms with Gasteiger partial charge in [0.1, 0.15) is 5.58 Å². The summed E-state index contributed by atoms with van der Waals surface area (Å²) in [4.78, 5) is 26.9. The second-order valence-electron chi connectivity index (χ2n) is 7.95. The largest absolute Gasteiger partial charge is 0.450 e. The van der Waals surface area contributed by atoms with Crippen LogP contribution in [0, 0.1) is 12.8 Å². The first-order valence-corrected chi connectivity index (χ1v) is 9.96. The predicted molar refractivity (Wildman–Crippen MR) is 110 cm³/mol. The number of carbonyl (C=O) groups is 2. The molecule has 1 fully saturated rings. The number of nitrogens with one attached hydrogen (secondary N) is 1. The van der Waals surface area contributed by atoms with E-state index >= 15 is 0 Å². The molecule has 1 aromatic heterocycles. The number of amides is 2. The Morgan fingerprint density at radius 3 is 2.50 bits per heavy atom. The van der Waals surface area contributed by atoms with E-state index in [1.165, 1.54) is 0 Å². The SMILES string of the molecule is Cc1c(C(=O)NC2CCN(C(=O)C(C)C)CC2)oc2c1ccc1ccccc12. The Morgan fingerprint density at radius 2 is 1.79 bits per heavy atom. The Bertz CT molecular complexity index is 1040. The van der Waals surface area contributed by atoms with Crippen molar-refractivity contribution in [2.75, 3.05) is 13.1 Å². The Balaban J connectivity index is 1.51. The second-order valence-corrected chi connectivity index (χ2v) is 7.95. The monoisotopic (exact) mass is 378 g/mol. The molecule has 4 rings (SSSR count). The van der Waals surface area contributed by atoms with Gasteiger partial charge in [0.05, 0.1) is 0 Å². The van der Waals surface area contributed by atoms with Gasteiger partial charge >= 0.3 is 0 Å². The van der Waals surface area contributed by atoms with E-state index in [0.29, 0.717) is 18.8 Å². The highest BCUT2D eigenvalue weighted by Crippen LogP contribution is 2.31. The van der Waals surface area contributed by atoms with Crippen molar-refractivity contribution in [3.63, 3.8) is 0 Å². The van der Waals surface area contributed by atoms with Crippen LogP contribution in [0.4, 0.5) is 0 Å². The fourth-order valence-corrected chi connectivity index (χ4v) is 4.03. The topological polar surface area (TPSA) is 62.6 Å². The van der Waals surface area contributed by atoms with Crippen molar-refractivity contribution < 1.29 is 14.0 Å². The van der Waals surface area contributed by atoms with Crippen molar-refractivity contribution in [2.24, 2.45) is 5.92 Å². The summed E-state index contributed by atoms with van der Waals surface area (Å²) in [6.45, 7) is 7.14. The average Bonchev–Trinajstić information content (AvgIpc) is 3.05. The zero-order valence-electron chi connectivity index (χ0n) is 16.6. The summed E-state index contributed by atoms with van der Waals surface area (Å²) in [6.07, 6.45) is 1.54. The molecule has 5 nitrogen and oxygen atoms in total. The third kappa shape index (κ3) is 3.26. The number of piperidine rings is 1. The van der Waals surface area contributed by atoms with Gasteiger partial charge in [-0.3, -0.25) is 9.59 Å². The van der Waals surface area contributed by atoms with E-state index in [1.54, 1.807) is 0 Å². The predicted octanol–water partition coefficient (Wildman–Crippen LogP) is 4.27. The molecule has 2 amide bonds. The molecule has 2 aromatic carbocycles. The lowest BCUT2D eigenvalue weighted by molar-refractivity contribution is -0.135. The van der Waals surface area contributed by atoms with E-state index in [-0.39, 0.29) is 23.8 Å². The van der Waals surface area contributed by atoms with Gasteiger partial charge in [-0.1, -0.05) is 50.2 Å². The minimum atomic E-state index is -0.175. The Labute approximate surface area is 164 Å². The zero-order chi connectivity index (χ0) is 19.8. The van der Waals surface area contributed by atoms with Crippen molar-refractivity contribution in [3.05, 3.63) is 47.7 Å². The molecule has 5 heteroatoms. The maximum Gasteiger partial charge on any atom is 0.287 e. The van der Waals surface area contributed by atoms with E-state index in [2.05, 4.69) is 11.4 Å². The highest BCUT2D eigenvalue weighted by atomic mass is 16.3. The first kappa shape index (κ1) is 18.5. The summed E-state index contributed by atoms with van der Waals surface area (Å²) in [5.74, 6) is 0.405. The number of carbonyl (C=O) groups excluding carboxylic acids is 2. The molecule has 0 atom stereocenters. The number of aryl methyl sites for hydroxylation is 1. The summed E-state index contributed by atoms with van der Waals surface area (Å²) in [7, 11) is 0. The van der Waals surface area contributed by atoms with E-state index in [4.69, 9.17) is 4.42 Å². The van der Waals surface area contributed by atoms with Gasteiger partial charge in [0.2, 0.25) is 5.91 Å². The quantitative estimate of drug-likeness (QED) is 0.740. The molecule has 1 saturated heterocycles. The van der Waals surface area contributed by atoms with Crippen molar-refractivity contribution in [1.29, 1.82) is 0 Å². The standard InChI is InChI=1S/C23H26N2O3/c1-14(2)23(27)25-12-10-17(11-13-25)24-22(26)20-15(3)18-9-8-16-6-4-5-7-19(16)21(18)28-20/h4-9,14,17H,10-13H2,1-3H3,(H,24,26). The van der Waals surface area contributed by atoms with Gasteiger partial charge in [-0.05, 0) is 25.2 Å². The third-order valence-corrected chi connectivity index (χ3v) is 5.67. The van der Waals surface area contributed by atoms with E-state index in [1.807, 2.05) is 56.0 Å². The van der Waals surface area contributed by atoms with Crippen molar-refractivity contribution in [2.45, 2.75) is 39.7 Å². The van der Waals surface area contributed by atoms with Crippen LogP contribution in [0.1, 0.15) is 42.8 Å². The maximum atomic E-state index is 12.9. The van der Waals surface area contributed by atoms with Crippen LogP contribution in [-0.4, -0.2) is 35.8 Å². The number of furan rings is 1. The number of benzene rings is 2. The van der Waals surface area contributed by atoms with Gasteiger partial charge in [-0.15, -0.1) is 0 Å². The molecule has 1 N–H and O–H groups in total. The van der Waals surface area contributed by atoms with E-state index in [9.17, 15) is 9.59 Å². The molecule has 0 bridgehead atoms. The molecule has 2 heterocycles. The van der Waals surface area contributed by atoms with Gasteiger partial charge in [0.25, 0.3) is 5.91 Å². The van der Waals surface area contributed by atoms with Crippen LogP contribution in [-0.2, 0) is 4.79 Å². The molecule has 0 aliphatic carbocycles. The number of rotatable bonds is 3. The van der Waals surface area contributed by atoms with Gasteiger partial charge < -0.3 is 14.6 Å². The van der Waals surface area contributed by atoms with Crippen molar-refractivity contribution in [1.82, 2.24) is 10.2 Å². The van der Waals surface area contributed by atoms with Gasteiger partial charge in [0, 0.05) is 41.4 Å². The lowest BCUT2D eigenvalue weighted by Gasteiger charge is -2.33. The van der Waals surface area contributed by atoms with Crippen molar-refractivity contribution in [3.8, 4) is 0 Å². The second kappa shape index (κ2) is 7.30. The van der Waals surface area contributed by atoms with E-state index < -0.39 is 0 Å². The molecular weight excluding hydrogens is 352 g/mol. The number of hydrogen-bond acceptors (Lipinski definition) is 3. The van der Waals surface area contributed by atoms with Gasteiger partial charge in [0.15, 0.2) is 5.76 Å². The van der Waals surface area contributed by atoms with Crippen LogP contribution in [0.25, 0.3) is 21.7 Å². The minimum Gasteiger partial charge on any atom is -0.450 e. The summed E-state index contributed by atoms with van der Waals surface area (Å²) in [5, 5.41) is 6.19. The molecule has 0 radical (unpaired) electrons. The normalized spacial score (nSPS) is 15.5. The summed E-state index contributed by atoms with van der Waals surface area (Å²) < 4.78 is 6.03. The number of fused-ring (bicyclic) bond motifs is 3. The lowest BCUT2D eigenvalue weighted by atomic mass is 10.0. The Morgan fingerprint density at radius 1 is 1.07 bits per heavy atom.